The number of piperazine rings is 1. The van der Waals surface area contributed by atoms with Crippen LogP contribution in [0.5, 0.6) is 0 Å². The van der Waals surface area contributed by atoms with Gasteiger partial charge in [-0.15, -0.1) is 0 Å². The minimum absolute atomic E-state index is 0.0375. The van der Waals surface area contributed by atoms with Gasteiger partial charge in [-0.05, 0) is 74.3 Å². The lowest BCUT2D eigenvalue weighted by atomic mass is 10.00. The van der Waals surface area contributed by atoms with Crippen molar-refractivity contribution in [1.82, 2.24) is 34.7 Å². The van der Waals surface area contributed by atoms with Gasteiger partial charge >= 0.3 is 12.1 Å². The van der Waals surface area contributed by atoms with E-state index in [2.05, 4.69) is 31.4 Å². The van der Waals surface area contributed by atoms with Crippen molar-refractivity contribution < 1.29 is 19.1 Å². The van der Waals surface area contributed by atoms with E-state index in [4.69, 9.17) is 4.74 Å². The molecule has 1 aliphatic carbocycles. The Hall–Kier alpha value is -4.16. The molecule has 0 spiro atoms. The summed E-state index contributed by atoms with van der Waals surface area (Å²) in [7, 11) is 0. The second-order valence-corrected chi connectivity index (χ2v) is 14.5. The molecule has 4 fully saturated rings. The molecule has 12 heteroatoms. The number of ether oxygens (including phenoxy) is 1. The van der Waals surface area contributed by atoms with Crippen molar-refractivity contribution >= 4 is 34.6 Å². The van der Waals surface area contributed by atoms with Crippen molar-refractivity contribution in [3.63, 3.8) is 0 Å². The molecule has 49 heavy (non-hydrogen) atoms. The van der Waals surface area contributed by atoms with Gasteiger partial charge in [0, 0.05) is 94.5 Å². The molecule has 3 aromatic rings. The van der Waals surface area contributed by atoms with Gasteiger partial charge in [-0.1, -0.05) is 24.3 Å². The van der Waals surface area contributed by atoms with Crippen LogP contribution in [-0.2, 0) is 22.4 Å². The zero-order chi connectivity index (χ0) is 33.3. The molecule has 1 aromatic heterocycles. The van der Waals surface area contributed by atoms with Gasteiger partial charge in [0.1, 0.15) is 0 Å². The molecule has 4 amide bonds. The van der Waals surface area contributed by atoms with Crippen LogP contribution in [-0.4, -0.2) is 136 Å². The molecular weight excluding hydrogens is 620 g/mol. The Morgan fingerprint density at radius 1 is 0.796 bits per heavy atom. The molecular formula is C37H48N8O4. The number of anilines is 1. The number of para-hydroxylation sites is 1. The lowest BCUT2D eigenvalue weighted by Crippen LogP contribution is -2.55. The van der Waals surface area contributed by atoms with Gasteiger partial charge in [-0.3, -0.25) is 19.7 Å². The number of nitrogens with zero attached hydrogens (tertiary/aromatic N) is 6. The number of carbonyl (C=O) groups is 3. The lowest BCUT2D eigenvalue weighted by molar-refractivity contribution is -0.142. The average molecular weight is 669 g/mol. The van der Waals surface area contributed by atoms with Crippen LogP contribution in [0.1, 0.15) is 49.7 Å². The number of benzene rings is 2. The number of likely N-dealkylation sites (tertiary alicyclic amines) is 2. The lowest BCUT2D eigenvalue weighted by Gasteiger charge is -2.43. The average Bonchev–Trinajstić information content (AvgIpc) is 3.91. The number of hydrogen-bond donors (Lipinski definition) is 2. The van der Waals surface area contributed by atoms with E-state index >= 15 is 0 Å². The molecule has 4 aliphatic heterocycles. The third kappa shape index (κ3) is 7.12. The fourth-order valence-corrected chi connectivity index (χ4v) is 8.37. The number of amides is 4. The summed E-state index contributed by atoms with van der Waals surface area (Å²) in [6, 6.07) is 15.1. The predicted molar refractivity (Wildman–Crippen MR) is 186 cm³/mol. The zero-order valence-corrected chi connectivity index (χ0v) is 28.3. The number of fused-ring (bicyclic) bond motifs is 2. The summed E-state index contributed by atoms with van der Waals surface area (Å²) >= 11 is 0. The van der Waals surface area contributed by atoms with E-state index in [1.807, 2.05) is 46.2 Å². The Morgan fingerprint density at radius 2 is 1.47 bits per heavy atom. The van der Waals surface area contributed by atoms with E-state index in [9.17, 15) is 14.4 Å². The molecule has 0 unspecified atom stereocenters. The van der Waals surface area contributed by atoms with Crippen LogP contribution >= 0.6 is 0 Å². The number of urea groups is 1. The summed E-state index contributed by atoms with van der Waals surface area (Å²) in [4.78, 5) is 51.7. The highest BCUT2D eigenvalue weighted by Gasteiger charge is 2.37. The van der Waals surface area contributed by atoms with Crippen LogP contribution in [0.25, 0.3) is 10.9 Å². The molecule has 1 atom stereocenters. The molecule has 12 nitrogen and oxygen atoms in total. The first-order chi connectivity index (χ1) is 24.0. The highest BCUT2D eigenvalue weighted by atomic mass is 16.6. The largest absolute Gasteiger partial charge is 0.436 e. The molecule has 3 saturated heterocycles. The standard InChI is InChI=1S/C37H48N8O4/c46-35(43-14-10-30(11-15-43)42-21-19-41(20-22-42)29-6-7-29)34(24-26-5-8-33-28(23-26)25-38-40-33)49-37(48)44-16-12-31(13-17-44)45-18-9-27-3-1-2-4-32(27)39-36(45)47/h1-5,8,23,25,29-31,34H,6-7,9-22,24H2,(H,38,40)(H,39,47)/t34-/m1/s1. The molecule has 0 radical (unpaired) electrons. The summed E-state index contributed by atoms with van der Waals surface area (Å²) in [5.74, 6) is -0.117. The van der Waals surface area contributed by atoms with Crippen LogP contribution in [0.4, 0.5) is 15.3 Å². The Labute approximate surface area is 287 Å². The number of hydrogen-bond acceptors (Lipinski definition) is 7. The van der Waals surface area contributed by atoms with E-state index in [0.29, 0.717) is 58.0 Å². The number of H-pyrrole nitrogens is 1. The minimum Gasteiger partial charge on any atom is -0.436 e. The number of aromatic amines is 1. The van der Waals surface area contributed by atoms with E-state index in [1.165, 1.54) is 12.8 Å². The van der Waals surface area contributed by atoms with E-state index in [-0.39, 0.29) is 18.0 Å². The molecule has 8 rings (SSSR count). The second-order valence-electron chi connectivity index (χ2n) is 14.5. The number of aromatic nitrogens is 2. The minimum atomic E-state index is -0.914. The van der Waals surface area contributed by atoms with Crippen LogP contribution < -0.4 is 5.32 Å². The summed E-state index contributed by atoms with van der Waals surface area (Å²) in [5.41, 5.74) is 3.86. The highest BCUT2D eigenvalue weighted by Crippen LogP contribution is 2.29. The van der Waals surface area contributed by atoms with Crippen molar-refractivity contribution in [2.75, 3.05) is 64.2 Å². The summed E-state index contributed by atoms with van der Waals surface area (Å²) < 4.78 is 6.11. The number of rotatable bonds is 7. The topological polar surface area (TPSA) is 117 Å². The van der Waals surface area contributed by atoms with Gasteiger partial charge < -0.3 is 24.8 Å². The number of piperidine rings is 2. The van der Waals surface area contributed by atoms with Gasteiger partial charge in [0.15, 0.2) is 6.10 Å². The Balaban J connectivity index is 0.888. The third-order valence-corrected chi connectivity index (χ3v) is 11.5. The molecule has 0 bridgehead atoms. The first-order valence-electron chi connectivity index (χ1n) is 18.3. The normalized spacial score (nSPS) is 22.4. The Morgan fingerprint density at radius 3 is 2.20 bits per heavy atom. The maximum atomic E-state index is 14.1. The van der Waals surface area contributed by atoms with Gasteiger partial charge in [-0.2, -0.15) is 5.10 Å². The first-order valence-corrected chi connectivity index (χ1v) is 18.3. The van der Waals surface area contributed by atoms with Gasteiger partial charge in [0.2, 0.25) is 0 Å². The molecule has 5 aliphatic rings. The molecule has 2 aromatic carbocycles. The van der Waals surface area contributed by atoms with Crippen LogP contribution in [0, 0.1) is 0 Å². The van der Waals surface area contributed by atoms with Crippen LogP contribution in [0.2, 0.25) is 0 Å². The van der Waals surface area contributed by atoms with Crippen molar-refractivity contribution in [3.8, 4) is 0 Å². The Kier molecular flexibility index (Phi) is 9.15. The highest BCUT2D eigenvalue weighted by molar-refractivity contribution is 5.91. The quantitative estimate of drug-likeness (QED) is 0.392. The summed E-state index contributed by atoms with van der Waals surface area (Å²) in [6.45, 7) is 7.46. The third-order valence-electron chi connectivity index (χ3n) is 11.5. The van der Waals surface area contributed by atoms with Crippen molar-refractivity contribution in [1.29, 1.82) is 0 Å². The molecule has 260 valence electrons. The molecule has 1 saturated carbocycles. The van der Waals surface area contributed by atoms with E-state index < -0.39 is 12.2 Å². The zero-order valence-electron chi connectivity index (χ0n) is 28.3. The van der Waals surface area contributed by atoms with Gasteiger partial charge in [0.05, 0.1) is 11.7 Å². The molecule has 5 heterocycles. The Bertz CT molecular complexity index is 1650. The molecule has 2 N–H and O–H groups in total. The van der Waals surface area contributed by atoms with E-state index in [0.717, 1.165) is 79.2 Å². The van der Waals surface area contributed by atoms with Crippen LogP contribution in [0.15, 0.2) is 48.7 Å². The fourth-order valence-electron chi connectivity index (χ4n) is 8.37. The first kappa shape index (κ1) is 32.1. The SMILES string of the molecule is O=C(O[C@H](Cc1ccc2[nH]ncc2c1)C(=O)N1CCC(N2CCN(C3CC3)CC2)CC1)N1CCC(N2CCc3ccccc3NC2=O)CC1. The maximum Gasteiger partial charge on any atom is 0.410 e. The summed E-state index contributed by atoms with van der Waals surface area (Å²) in [6.07, 6.45) is 7.41. The van der Waals surface area contributed by atoms with Crippen molar-refractivity contribution in [2.45, 2.75) is 75.6 Å². The smallest absolute Gasteiger partial charge is 0.410 e. The fraction of sp³-hybridized carbons (Fsp3) is 0.568. The summed E-state index contributed by atoms with van der Waals surface area (Å²) in [5, 5.41) is 11.1. The van der Waals surface area contributed by atoms with Crippen molar-refractivity contribution in [3.05, 3.63) is 59.8 Å². The number of carbonyl (C=O) groups excluding carboxylic acids is 3. The van der Waals surface area contributed by atoms with Crippen LogP contribution in [0.3, 0.4) is 0 Å². The van der Waals surface area contributed by atoms with Crippen molar-refractivity contribution in [2.24, 2.45) is 0 Å². The second kappa shape index (κ2) is 14.0. The number of nitrogens with one attached hydrogen (secondary N) is 2. The van der Waals surface area contributed by atoms with E-state index in [1.54, 1.807) is 11.1 Å². The predicted octanol–water partition coefficient (Wildman–Crippen LogP) is 3.94. The van der Waals surface area contributed by atoms with Gasteiger partial charge in [-0.25, -0.2) is 9.59 Å². The monoisotopic (exact) mass is 668 g/mol. The maximum absolute atomic E-state index is 14.1. The van der Waals surface area contributed by atoms with Gasteiger partial charge in [0.25, 0.3) is 5.91 Å².